The van der Waals surface area contributed by atoms with Crippen LogP contribution >= 0.6 is 31.9 Å². The summed E-state index contributed by atoms with van der Waals surface area (Å²) in [4.78, 5) is 10.3. The Bertz CT molecular complexity index is 102. The number of aldehydes is 1. The fourth-order valence-corrected chi connectivity index (χ4v) is 1.23. The number of halogens is 2. The number of hydrogen-bond donors (Lipinski definition) is 0. The van der Waals surface area contributed by atoms with Crippen molar-refractivity contribution >= 4 is 38.1 Å². The van der Waals surface area contributed by atoms with Crippen molar-refractivity contribution in [1.29, 1.82) is 0 Å². The molecule has 0 atom stereocenters. The van der Waals surface area contributed by atoms with Gasteiger partial charge in [-0.15, -0.1) is 0 Å². The number of carbonyl (C=O) groups excluding carboxylic acids is 1. The van der Waals surface area contributed by atoms with Crippen molar-refractivity contribution < 1.29 is 4.79 Å². The third-order valence-electron chi connectivity index (χ3n) is 1.29. The number of carbonyl (C=O) groups is 1. The van der Waals surface area contributed by atoms with E-state index in [1.165, 1.54) is 12.8 Å². The molecule has 10 heavy (non-hydrogen) atoms. The first-order chi connectivity index (χ1) is 4.62. The molecule has 60 valence electrons. The molecule has 0 heterocycles. The summed E-state index contributed by atoms with van der Waals surface area (Å²) >= 11 is 6.52. The summed E-state index contributed by atoms with van der Waals surface area (Å²) in [5, 5.41) is 0. The van der Waals surface area contributed by atoms with Crippen molar-refractivity contribution in [1.82, 2.24) is 0 Å². The molecule has 0 aliphatic rings. The zero-order chi connectivity index (χ0) is 8.04. The maximum absolute atomic E-state index is 10.3. The van der Waals surface area contributed by atoms with Gasteiger partial charge in [0.25, 0.3) is 0 Å². The Balaban J connectivity index is 3.37. The van der Waals surface area contributed by atoms with Crippen molar-refractivity contribution in [2.75, 3.05) is 0 Å². The van der Waals surface area contributed by atoms with Crippen LogP contribution in [0.5, 0.6) is 0 Å². The highest BCUT2D eigenvalue weighted by molar-refractivity contribution is 9.25. The van der Waals surface area contributed by atoms with Crippen LogP contribution in [0.3, 0.4) is 0 Å². The van der Waals surface area contributed by atoms with Crippen molar-refractivity contribution in [3.05, 3.63) is 0 Å². The predicted molar refractivity (Wildman–Crippen MR) is 50.8 cm³/mol. The van der Waals surface area contributed by atoms with Gasteiger partial charge in [-0.1, -0.05) is 58.0 Å². The lowest BCUT2D eigenvalue weighted by molar-refractivity contribution is -0.107. The third-order valence-corrected chi connectivity index (χ3v) is 2.45. The van der Waals surface area contributed by atoms with E-state index in [-0.39, 0.29) is 0 Å². The quantitative estimate of drug-likeness (QED) is 0.426. The molecule has 0 saturated carbocycles. The van der Waals surface area contributed by atoms with Crippen molar-refractivity contribution in [2.24, 2.45) is 0 Å². The Hall–Kier alpha value is 0.630. The van der Waals surface area contributed by atoms with E-state index in [0.717, 1.165) is 19.1 Å². The molecule has 0 aromatic carbocycles. The van der Waals surface area contributed by atoms with E-state index in [1.54, 1.807) is 0 Å². The summed E-state index contributed by atoms with van der Waals surface area (Å²) in [6, 6.07) is 0. The van der Waals surface area contributed by atoms with Crippen LogP contribution in [0.2, 0.25) is 0 Å². The van der Waals surface area contributed by atoms with E-state index in [1.807, 2.05) is 0 Å². The zero-order valence-corrected chi connectivity index (χ0v) is 9.24. The number of alkyl halides is 2. The van der Waals surface area contributed by atoms with Gasteiger partial charge < -0.3 is 4.79 Å². The first kappa shape index (κ1) is 10.6. The molecule has 0 bridgehead atoms. The van der Waals surface area contributed by atoms with Crippen LogP contribution < -0.4 is 0 Å². The van der Waals surface area contributed by atoms with E-state index in [2.05, 4.69) is 38.8 Å². The summed E-state index contributed by atoms with van der Waals surface area (Å²) < 4.78 is -0.463. The van der Waals surface area contributed by atoms with Gasteiger partial charge >= 0.3 is 0 Å². The van der Waals surface area contributed by atoms with Crippen LogP contribution in [0.4, 0.5) is 0 Å². The minimum Gasteiger partial charge on any atom is -0.301 e. The average molecular weight is 272 g/mol. The van der Waals surface area contributed by atoms with E-state index < -0.39 is 3.23 Å². The van der Waals surface area contributed by atoms with Crippen molar-refractivity contribution in [3.8, 4) is 0 Å². The lowest BCUT2D eigenvalue weighted by atomic mass is 10.2. The monoisotopic (exact) mass is 270 g/mol. The molecule has 0 unspecified atom stereocenters. The molecule has 0 rings (SSSR count). The summed E-state index contributed by atoms with van der Waals surface area (Å²) in [5.74, 6) is 0. The maximum atomic E-state index is 10.3. The summed E-state index contributed by atoms with van der Waals surface area (Å²) in [6.07, 6.45) is 5.22. The molecule has 0 aliphatic carbocycles. The molecule has 0 radical (unpaired) electrons. The summed E-state index contributed by atoms with van der Waals surface area (Å²) in [7, 11) is 0. The second-order valence-electron chi connectivity index (χ2n) is 2.34. The van der Waals surface area contributed by atoms with Gasteiger partial charge in [0.1, 0.15) is 9.52 Å². The lowest BCUT2D eigenvalue weighted by Gasteiger charge is -2.10. The topological polar surface area (TPSA) is 17.1 Å². The fourth-order valence-electron chi connectivity index (χ4n) is 0.670. The van der Waals surface area contributed by atoms with Gasteiger partial charge in [0.15, 0.2) is 0 Å². The SMILES string of the molecule is CCCCCC(Br)(Br)C=O. The fraction of sp³-hybridized carbons (Fsp3) is 0.857. The smallest absolute Gasteiger partial charge is 0.147 e. The first-order valence-electron chi connectivity index (χ1n) is 3.46. The Morgan fingerprint density at radius 1 is 1.40 bits per heavy atom. The van der Waals surface area contributed by atoms with Gasteiger partial charge in [0.05, 0.1) is 0 Å². The maximum Gasteiger partial charge on any atom is 0.147 e. The van der Waals surface area contributed by atoms with E-state index in [4.69, 9.17) is 0 Å². The molecule has 0 amide bonds. The second kappa shape index (κ2) is 5.30. The second-order valence-corrected chi connectivity index (χ2v) is 6.23. The number of rotatable bonds is 5. The van der Waals surface area contributed by atoms with Gasteiger partial charge in [0, 0.05) is 0 Å². The highest BCUT2D eigenvalue weighted by Crippen LogP contribution is 2.29. The first-order valence-corrected chi connectivity index (χ1v) is 5.05. The summed E-state index contributed by atoms with van der Waals surface area (Å²) in [6.45, 7) is 2.14. The number of hydrogen-bond acceptors (Lipinski definition) is 1. The predicted octanol–water partition coefficient (Wildman–Crippen LogP) is 3.25. The molecule has 0 saturated heterocycles. The Kier molecular flexibility index (Phi) is 5.64. The summed E-state index contributed by atoms with van der Waals surface area (Å²) in [5.41, 5.74) is 0. The Labute approximate surface area is 78.8 Å². The molecule has 0 spiro atoms. The van der Waals surface area contributed by atoms with Gasteiger partial charge in [-0.3, -0.25) is 0 Å². The van der Waals surface area contributed by atoms with Crippen molar-refractivity contribution in [3.63, 3.8) is 0 Å². The van der Waals surface area contributed by atoms with Crippen molar-refractivity contribution in [2.45, 2.75) is 35.8 Å². The molecule has 0 aliphatic heterocycles. The van der Waals surface area contributed by atoms with Gasteiger partial charge in [-0.2, -0.15) is 0 Å². The third kappa shape index (κ3) is 5.42. The van der Waals surface area contributed by atoms with Crippen LogP contribution in [0, 0.1) is 0 Å². The van der Waals surface area contributed by atoms with E-state index >= 15 is 0 Å². The number of unbranched alkanes of at least 4 members (excludes halogenated alkanes) is 2. The van der Waals surface area contributed by atoms with Crippen LogP contribution in [0.25, 0.3) is 0 Å². The van der Waals surface area contributed by atoms with Gasteiger partial charge in [-0.05, 0) is 6.42 Å². The molecule has 0 aromatic rings. The molecule has 1 nitrogen and oxygen atoms in total. The van der Waals surface area contributed by atoms with E-state index in [0.29, 0.717) is 0 Å². The van der Waals surface area contributed by atoms with E-state index in [9.17, 15) is 4.79 Å². The molecule has 0 aromatic heterocycles. The highest BCUT2D eigenvalue weighted by Gasteiger charge is 2.19. The normalized spacial score (nSPS) is 11.5. The van der Waals surface area contributed by atoms with Crippen LogP contribution in [0.1, 0.15) is 32.6 Å². The Morgan fingerprint density at radius 3 is 2.40 bits per heavy atom. The molecule has 3 heteroatoms. The average Bonchev–Trinajstić information content (AvgIpc) is 1.89. The minimum atomic E-state index is -0.463. The van der Waals surface area contributed by atoms with Gasteiger partial charge in [-0.25, -0.2) is 0 Å². The van der Waals surface area contributed by atoms with Crippen LogP contribution in [0.15, 0.2) is 0 Å². The highest BCUT2D eigenvalue weighted by atomic mass is 79.9. The van der Waals surface area contributed by atoms with Crippen LogP contribution in [-0.4, -0.2) is 9.52 Å². The minimum absolute atomic E-state index is 0.463. The Morgan fingerprint density at radius 2 is 2.00 bits per heavy atom. The molecular formula is C7H12Br2O. The largest absolute Gasteiger partial charge is 0.301 e. The molecular weight excluding hydrogens is 260 g/mol. The molecule has 0 fully saturated rings. The lowest BCUT2D eigenvalue weighted by Crippen LogP contribution is -2.11. The standard InChI is InChI=1S/C7H12Br2O/c1-2-3-4-5-7(8,9)6-10/h6H,2-5H2,1H3. The van der Waals surface area contributed by atoms with Gasteiger partial charge in [0.2, 0.25) is 0 Å². The molecule has 0 N–H and O–H groups in total. The van der Waals surface area contributed by atoms with Crippen LogP contribution in [-0.2, 0) is 4.79 Å². The zero-order valence-electron chi connectivity index (χ0n) is 6.07.